The van der Waals surface area contributed by atoms with Crippen molar-refractivity contribution in [1.29, 1.82) is 5.26 Å². The molecule has 7 nitrogen and oxygen atoms in total. The smallest absolute Gasteiger partial charge is 0.255 e. The number of carbonyl (C=O) groups excluding carboxylic acids is 1. The summed E-state index contributed by atoms with van der Waals surface area (Å²) in [7, 11) is -3.69. The Hall–Kier alpha value is -2.89. The number of benzene rings is 2. The number of carbonyl (C=O) groups is 1. The van der Waals surface area contributed by atoms with Crippen molar-refractivity contribution in [2.45, 2.75) is 24.2 Å². The van der Waals surface area contributed by atoms with Crippen LogP contribution in [0.2, 0.25) is 0 Å². The van der Waals surface area contributed by atoms with Crippen molar-refractivity contribution < 1.29 is 13.2 Å². The predicted molar refractivity (Wildman–Crippen MR) is 108 cm³/mol. The van der Waals surface area contributed by atoms with Crippen molar-refractivity contribution in [3.8, 4) is 6.07 Å². The summed E-state index contributed by atoms with van der Waals surface area (Å²) >= 11 is 0. The van der Waals surface area contributed by atoms with Crippen LogP contribution in [0.3, 0.4) is 0 Å². The fourth-order valence-electron chi connectivity index (χ4n) is 3.12. The Morgan fingerprint density at radius 3 is 2.43 bits per heavy atom. The molecule has 0 aromatic heterocycles. The molecule has 1 amide bonds. The van der Waals surface area contributed by atoms with Crippen molar-refractivity contribution in [3.05, 3.63) is 54.1 Å². The largest absolute Gasteiger partial charge is 0.370 e. The van der Waals surface area contributed by atoms with Gasteiger partial charge in [-0.3, -0.25) is 4.79 Å². The van der Waals surface area contributed by atoms with Crippen LogP contribution in [-0.4, -0.2) is 34.0 Å². The zero-order valence-corrected chi connectivity index (χ0v) is 16.2. The fraction of sp³-hybridized carbons (Fsp3) is 0.300. The van der Waals surface area contributed by atoms with Crippen LogP contribution in [0.1, 0.15) is 29.6 Å². The number of hydrogen-bond donors (Lipinski definition) is 2. The van der Waals surface area contributed by atoms with Gasteiger partial charge in [0.1, 0.15) is 0 Å². The Kier molecular flexibility index (Phi) is 6.29. The van der Waals surface area contributed by atoms with Gasteiger partial charge in [-0.25, -0.2) is 13.1 Å². The van der Waals surface area contributed by atoms with Gasteiger partial charge >= 0.3 is 0 Å². The minimum absolute atomic E-state index is 0.0500. The van der Waals surface area contributed by atoms with Gasteiger partial charge in [-0.05, 0) is 49.2 Å². The lowest BCUT2D eigenvalue weighted by Crippen LogP contribution is -2.24. The van der Waals surface area contributed by atoms with E-state index in [1.165, 1.54) is 24.3 Å². The third-order valence-electron chi connectivity index (χ3n) is 4.55. The van der Waals surface area contributed by atoms with Crippen LogP contribution in [0.4, 0.5) is 11.4 Å². The summed E-state index contributed by atoms with van der Waals surface area (Å²) in [6.07, 6.45) is 2.37. The lowest BCUT2D eigenvalue weighted by atomic mass is 10.2. The molecule has 0 atom stereocenters. The summed E-state index contributed by atoms with van der Waals surface area (Å²) in [6, 6.07) is 15.3. The van der Waals surface area contributed by atoms with Gasteiger partial charge in [-0.15, -0.1) is 0 Å². The molecule has 146 valence electrons. The molecular formula is C20H22N4O3S. The van der Waals surface area contributed by atoms with Crippen LogP contribution in [0.15, 0.2) is 53.4 Å². The van der Waals surface area contributed by atoms with Crippen LogP contribution in [0.25, 0.3) is 0 Å². The van der Waals surface area contributed by atoms with Crippen LogP contribution in [-0.2, 0) is 10.0 Å². The molecule has 0 bridgehead atoms. The minimum atomic E-state index is -3.69. The van der Waals surface area contributed by atoms with Crippen LogP contribution < -0.4 is 14.9 Å². The van der Waals surface area contributed by atoms with E-state index in [2.05, 4.69) is 14.9 Å². The molecule has 1 aliphatic heterocycles. The van der Waals surface area contributed by atoms with E-state index in [9.17, 15) is 13.2 Å². The zero-order chi connectivity index (χ0) is 20.0. The molecule has 2 aromatic carbocycles. The monoisotopic (exact) mass is 398 g/mol. The first-order valence-electron chi connectivity index (χ1n) is 9.13. The number of nitrogens with one attached hydrogen (secondary N) is 2. The molecular weight excluding hydrogens is 376 g/mol. The Balaban J connectivity index is 1.72. The van der Waals surface area contributed by atoms with Crippen molar-refractivity contribution in [3.63, 3.8) is 0 Å². The van der Waals surface area contributed by atoms with Gasteiger partial charge in [0.05, 0.1) is 22.3 Å². The topological polar surface area (TPSA) is 102 Å². The van der Waals surface area contributed by atoms with E-state index >= 15 is 0 Å². The molecule has 0 saturated carbocycles. The fourth-order valence-corrected chi connectivity index (χ4v) is 4.15. The SMILES string of the molecule is N#CCCNS(=O)(=O)c1ccc(C(=O)Nc2ccccc2N2CCCC2)cc1. The zero-order valence-electron chi connectivity index (χ0n) is 15.4. The predicted octanol–water partition coefficient (Wildman–Crippen LogP) is 2.73. The van der Waals surface area contributed by atoms with Crippen molar-refractivity contribution in [1.82, 2.24) is 4.72 Å². The van der Waals surface area contributed by atoms with Gasteiger partial charge in [0.15, 0.2) is 0 Å². The Bertz CT molecular complexity index is 975. The van der Waals surface area contributed by atoms with Crippen LogP contribution in [0.5, 0.6) is 0 Å². The first kappa shape index (κ1) is 19.9. The van der Waals surface area contributed by atoms with Crippen LogP contribution in [0, 0.1) is 11.3 Å². The summed E-state index contributed by atoms with van der Waals surface area (Å²) < 4.78 is 26.6. The number of sulfonamides is 1. The van der Waals surface area contributed by atoms with E-state index in [1.807, 2.05) is 30.3 Å². The number of anilines is 2. The minimum Gasteiger partial charge on any atom is -0.370 e. The average molecular weight is 398 g/mol. The third-order valence-corrected chi connectivity index (χ3v) is 6.03. The summed E-state index contributed by atoms with van der Waals surface area (Å²) in [4.78, 5) is 14.9. The highest BCUT2D eigenvalue weighted by Gasteiger charge is 2.18. The number of rotatable bonds is 7. The normalized spacial score (nSPS) is 13.9. The molecule has 3 rings (SSSR count). The second kappa shape index (κ2) is 8.87. The van der Waals surface area contributed by atoms with E-state index in [4.69, 9.17) is 5.26 Å². The van der Waals surface area contributed by atoms with Crippen molar-refractivity contribution in [2.75, 3.05) is 29.9 Å². The summed E-state index contributed by atoms with van der Waals surface area (Å²) in [6.45, 7) is 1.99. The van der Waals surface area contributed by atoms with Crippen molar-refractivity contribution >= 4 is 27.3 Å². The molecule has 1 saturated heterocycles. The van der Waals surface area contributed by atoms with Gasteiger partial charge in [0, 0.05) is 31.6 Å². The number of para-hydroxylation sites is 2. The highest BCUT2D eigenvalue weighted by Crippen LogP contribution is 2.29. The first-order valence-corrected chi connectivity index (χ1v) is 10.6. The quantitative estimate of drug-likeness (QED) is 0.698. The van der Waals surface area contributed by atoms with E-state index < -0.39 is 10.0 Å². The Morgan fingerprint density at radius 2 is 1.75 bits per heavy atom. The highest BCUT2D eigenvalue weighted by molar-refractivity contribution is 7.89. The lowest BCUT2D eigenvalue weighted by molar-refractivity contribution is 0.102. The first-order chi connectivity index (χ1) is 13.5. The second-order valence-electron chi connectivity index (χ2n) is 6.50. The molecule has 1 heterocycles. The standard InChI is InChI=1S/C20H22N4O3S/c21-12-5-13-22-28(26,27)17-10-8-16(9-11-17)20(25)23-18-6-1-2-7-19(18)24-14-3-4-15-24/h1-2,6-11,22H,3-5,13-15H2,(H,23,25). The number of nitrogens with zero attached hydrogens (tertiary/aromatic N) is 2. The highest BCUT2D eigenvalue weighted by atomic mass is 32.2. The Morgan fingerprint density at radius 1 is 1.07 bits per heavy atom. The molecule has 8 heteroatoms. The summed E-state index contributed by atoms with van der Waals surface area (Å²) in [5, 5.41) is 11.4. The van der Waals surface area contributed by atoms with E-state index in [0.717, 1.165) is 37.3 Å². The maximum Gasteiger partial charge on any atom is 0.255 e. The van der Waals surface area contributed by atoms with Gasteiger partial charge in [0.25, 0.3) is 5.91 Å². The molecule has 2 aromatic rings. The second-order valence-corrected chi connectivity index (χ2v) is 8.26. The third kappa shape index (κ3) is 4.68. The van der Waals surface area contributed by atoms with E-state index in [1.54, 1.807) is 0 Å². The van der Waals surface area contributed by atoms with Gasteiger partial charge in [-0.2, -0.15) is 5.26 Å². The average Bonchev–Trinajstić information content (AvgIpc) is 3.23. The van der Waals surface area contributed by atoms with Gasteiger partial charge in [0.2, 0.25) is 10.0 Å². The summed E-state index contributed by atoms with van der Waals surface area (Å²) in [5.74, 6) is -0.298. The molecule has 28 heavy (non-hydrogen) atoms. The Labute approximate surface area is 165 Å². The molecule has 0 aliphatic carbocycles. The number of hydrogen-bond acceptors (Lipinski definition) is 5. The molecule has 2 N–H and O–H groups in total. The van der Waals surface area contributed by atoms with E-state index in [0.29, 0.717) is 5.56 Å². The van der Waals surface area contributed by atoms with Gasteiger partial charge in [-0.1, -0.05) is 12.1 Å². The maximum atomic E-state index is 12.6. The molecule has 0 spiro atoms. The lowest BCUT2D eigenvalue weighted by Gasteiger charge is -2.21. The number of nitriles is 1. The number of amides is 1. The maximum absolute atomic E-state index is 12.6. The molecule has 1 fully saturated rings. The van der Waals surface area contributed by atoms with Gasteiger partial charge < -0.3 is 10.2 Å². The summed E-state index contributed by atoms with van der Waals surface area (Å²) in [5.41, 5.74) is 2.10. The molecule has 0 unspecified atom stereocenters. The molecule has 1 aliphatic rings. The van der Waals surface area contributed by atoms with Crippen molar-refractivity contribution in [2.24, 2.45) is 0 Å². The molecule has 0 radical (unpaired) electrons. The van der Waals surface area contributed by atoms with Crippen LogP contribution >= 0.6 is 0 Å². The van der Waals surface area contributed by atoms with E-state index in [-0.39, 0.29) is 23.8 Å².